The van der Waals surface area contributed by atoms with Gasteiger partial charge in [0.05, 0.1) is 6.61 Å². The molecule has 7 nitrogen and oxygen atoms in total. The molecule has 0 spiro atoms. The molecule has 0 aromatic heterocycles. The first kappa shape index (κ1) is 11.4. The van der Waals surface area contributed by atoms with E-state index in [1.807, 2.05) is 0 Å². The number of nitrogens with zero attached hydrogens (tertiary/aromatic N) is 1. The molecular formula is C8H12N2O5. The number of nitrogens with one attached hydrogen (secondary N) is 1. The van der Waals surface area contributed by atoms with Crippen LogP contribution in [0.1, 0.15) is 6.92 Å². The van der Waals surface area contributed by atoms with E-state index < -0.39 is 30.0 Å². The summed E-state index contributed by atoms with van der Waals surface area (Å²) in [7, 11) is 1.39. The van der Waals surface area contributed by atoms with E-state index in [1.54, 1.807) is 0 Å². The van der Waals surface area contributed by atoms with Crippen molar-refractivity contribution >= 4 is 17.9 Å². The Kier molecular flexibility index (Phi) is 2.94. The highest BCUT2D eigenvalue weighted by molar-refractivity contribution is 6.08. The summed E-state index contributed by atoms with van der Waals surface area (Å²) in [5.41, 5.74) is -1.17. The van der Waals surface area contributed by atoms with Gasteiger partial charge in [0.15, 0.2) is 0 Å². The number of hydrogen-bond donors (Lipinski definition) is 2. The van der Waals surface area contributed by atoms with Crippen LogP contribution in [0.3, 0.4) is 0 Å². The number of aliphatic carboxylic acids is 1. The third-order valence-corrected chi connectivity index (χ3v) is 2.07. The highest BCUT2D eigenvalue weighted by Crippen LogP contribution is 2.17. The lowest BCUT2D eigenvalue weighted by molar-refractivity contribution is -0.143. The van der Waals surface area contributed by atoms with Gasteiger partial charge in [0.1, 0.15) is 12.1 Å². The van der Waals surface area contributed by atoms with Gasteiger partial charge in [0.25, 0.3) is 5.91 Å². The van der Waals surface area contributed by atoms with Gasteiger partial charge in [-0.15, -0.1) is 0 Å². The van der Waals surface area contributed by atoms with E-state index in [2.05, 4.69) is 5.32 Å². The third-order valence-electron chi connectivity index (χ3n) is 2.07. The molecule has 1 aliphatic rings. The Morgan fingerprint density at radius 2 is 2.20 bits per heavy atom. The molecule has 3 amide bonds. The molecular weight excluding hydrogens is 204 g/mol. The van der Waals surface area contributed by atoms with Crippen molar-refractivity contribution in [1.29, 1.82) is 0 Å². The summed E-state index contributed by atoms with van der Waals surface area (Å²) in [5, 5.41) is 10.9. The second-order valence-corrected chi connectivity index (χ2v) is 3.48. The van der Waals surface area contributed by atoms with Gasteiger partial charge in [0.2, 0.25) is 0 Å². The minimum Gasteiger partial charge on any atom is -0.480 e. The highest BCUT2D eigenvalue weighted by Gasteiger charge is 2.48. The van der Waals surface area contributed by atoms with Crippen molar-refractivity contribution in [2.45, 2.75) is 12.5 Å². The lowest BCUT2D eigenvalue weighted by atomic mass is 10.0. The summed E-state index contributed by atoms with van der Waals surface area (Å²) in [5.74, 6) is -1.82. The molecule has 1 rings (SSSR count). The smallest absolute Gasteiger partial charge is 0.325 e. The van der Waals surface area contributed by atoms with Crippen LogP contribution in [0.4, 0.5) is 4.79 Å². The molecule has 0 radical (unpaired) electrons. The number of methoxy groups -OCH3 is 1. The van der Waals surface area contributed by atoms with Crippen LogP contribution in [-0.4, -0.2) is 53.7 Å². The maximum Gasteiger partial charge on any atom is 0.325 e. The molecule has 0 aliphatic carbocycles. The standard InChI is InChI=1S/C8H12N2O5/c1-8(4-15-2)6(13)10(3-5(11)12)7(14)9-8/h3-4H2,1-2H3,(H,9,14)(H,11,12). The molecule has 7 heteroatoms. The maximum absolute atomic E-state index is 11.7. The fraction of sp³-hybridized carbons (Fsp3) is 0.625. The summed E-state index contributed by atoms with van der Waals surface area (Å²) in [6.45, 7) is 0.857. The molecule has 2 N–H and O–H groups in total. The average molecular weight is 216 g/mol. The van der Waals surface area contributed by atoms with Crippen LogP contribution < -0.4 is 5.32 Å². The molecule has 1 aliphatic heterocycles. The van der Waals surface area contributed by atoms with Crippen molar-refractivity contribution in [3.63, 3.8) is 0 Å². The number of urea groups is 1. The van der Waals surface area contributed by atoms with Crippen LogP contribution in [-0.2, 0) is 14.3 Å². The van der Waals surface area contributed by atoms with E-state index in [0.29, 0.717) is 4.90 Å². The van der Waals surface area contributed by atoms with Crippen LogP contribution >= 0.6 is 0 Å². The number of imide groups is 1. The molecule has 1 fully saturated rings. The number of carbonyl (C=O) groups is 3. The Morgan fingerprint density at radius 3 is 2.67 bits per heavy atom. The van der Waals surface area contributed by atoms with Crippen molar-refractivity contribution in [2.24, 2.45) is 0 Å². The van der Waals surface area contributed by atoms with Crippen LogP contribution in [0.5, 0.6) is 0 Å². The Hall–Kier alpha value is -1.63. The van der Waals surface area contributed by atoms with E-state index >= 15 is 0 Å². The molecule has 1 saturated heterocycles. The Morgan fingerprint density at radius 1 is 1.60 bits per heavy atom. The second kappa shape index (κ2) is 3.85. The molecule has 15 heavy (non-hydrogen) atoms. The number of ether oxygens (including phenoxy) is 1. The first-order valence-corrected chi connectivity index (χ1v) is 4.25. The van der Waals surface area contributed by atoms with Gasteiger partial charge in [-0.25, -0.2) is 4.79 Å². The van der Waals surface area contributed by atoms with E-state index in [-0.39, 0.29) is 6.61 Å². The lowest BCUT2D eigenvalue weighted by Crippen LogP contribution is -2.48. The maximum atomic E-state index is 11.7. The summed E-state index contributed by atoms with van der Waals surface area (Å²) in [4.78, 5) is 34.0. The fourth-order valence-electron chi connectivity index (χ4n) is 1.41. The topological polar surface area (TPSA) is 95.9 Å². The molecule has 1 unspecified atom stereocenters. The van der Waals surface area contributed by atoms with Crippen molar-refractivity contribution < 1.29 is 24.2 Å². The van der Waals surface area contributed by atoms with Gasteiger partial charge in [0, 0.05) is 7.11 Å². The Balaban J connectivity index is 2.83. The molecule has 0 bridgehead atoms. The van der Waals surface area contributed by atoms with Gasteiger partial charge in [-0.2, -0.15) is 0 Å². The Labute approximate surface area is 86.0 Å². The van der Waals surface area contributed by atoms with Gasteiger partial charge in [-0.05, 0) is 6.92 Å². The van der Waals surface area contributed by atoms with Gasteiger partial charge in [-0.3, -0.25) is 14.5 Å². The number of rotatable bonds is 4. The zero-order valence-electron chi connectivity index (χ0n) is 8.44. The van der Waals surface area contributed by atoms with E-state index in [0.717, 1.165) is 0 Å². The van der Waals surface area contributed by atoms with E-state index in [1.165, 1.54) is 14.0 Å². The monoisotopic (exact) mass is 216 g/mol. The summed E-state index contributed by atoms with van der Waals surface area (Å²) < 4.78 is 4.79. The molecule has 1 heterocycles. The van der Waals surface area contributed by atoms with E-state index in [4.69, 9.17) is 9.84 Å². The molecule has 0 saturated carbocycles. The zero-order chi connectivity index (χ0) is 11.6. The zero-order valence-corrected chi connectivity index (χ0v) is 8.44. The second-order valence-electron chi connectivity index (χ2n) is 3.48. The van der Waals surface area contributed by atoms with Gasteiger partial charge < -0.3 is 15.2 Å². The number of carboxylic acids is 1. The van der Waals surface area contributed by atoms with Gasteiger partial charge in [-0.1, -0.05) is 0 Å². The van der Waals surface area contributed by atoms with Crippen LogP contribution in [0.15, 0.2) is 0 Å². The van der Waals surface area contributed by atoms with Crippen molar-refractivity contribution in [3.05, 3.63) is 0 Å². The van der Waals surface area contributed by atoms with Crippen molar-refractivity contribution in [3.8, 4) is 0 Å². The normalized spacial score (nSPS) is 25.6. The predicted octanol–water partition coefficient (Wildman–Crippen LogP) is -0.972. The number of carbonyl (C=O) groups excluding carboxylic acids is 2. The predicted molar refractivity (Wildman–Crippen MR) is 48.2 cm³/mol. The average Bonchev–Trinajstić information content (AvgIpc) is 2.30. The van der Waals surface area contributed by atoms with Crippen molar-refractivity contribution in [1.82, 2.24) is 10.2 Å². The minimum absolute atomic E-state index is 0.00763. The first-order chi connectivity index (χ1) is 6.90. The number of hydrogen-bond acceptors (Lipinski definition) is 4. The summed E-state index contributed by atoms with van der Waals surface area (Å²) in [6.07, 6.45) is 0. The Bertz CT molecular complexity index is 316. The largest absolute Gasteiger partial charge is 0.480 e. The number of carboxylic acid groups (broad SMARTS) is 1. The summed E-state index contributed by atoms with van der Waals surface area (Å²) in [6, 6.07) is -0.707. The number of amides is 3. The molecule has 0 aromatic rings. The fourth-order valence-corrected chi connectivity index (χ4v) is 1.41. The van der Waals surface area contributed by atoms with Crippen LogP contribution in [0.2, 0.25) is 0 Å². The minimum atomic E-state index is -1.24. The molecule has 1 atom stereocenters. The van der Waals surface area contributed by atoms with Crippen LogP contribution in [0, 0.1) is 0 Å². The highest BCUT2D eigenvalue weighted by atomic mass is 16.5. The molecule has 0 aromatic carbocycles. The summed E-state index contributed by atoms with van der Waals surface area (Å²) >= 11 is 0. The first-order valence-electron chi connectivity index (χ1n) is 4.25. The SMILES string of the molecule is COCC1(C)NC(=O)N(CC(=O)O)C1=O. The lowest BCUT2D eigenvalue weighted by Gasteiger charge is -2.19. The van der Waals surface area contributed by atoms with Gasteiger partial charge >= 0.3 is 12.0 Å². The third kappa shape index (κ3) is 2.07. The van der Waals surface area contributed by atoms with E-state index in [9.17, 15) is 14.4 Å². The van der Waals surface area contributed by atoms with Crippen LogP contribution in [0.25, 0.3) is 0 Å². The van der Waals surface area contributed by atoms with Crippen molar-refractivity contribution in [2.75, 3.05) is 20.3 Å². The molecule has 84 valence electrons. The quantitative estimate of drug-likeness (QED) is 0.589.